The molecule has 18 heavy (non-hydrogen) atoms. The van der Waals surface area contributed by atoms with Crippen LogP contribution >= 0.6 is 0 Å². The largest absolute Gasteiger partial charge is 0.388 e. The van der Waals surface area contributed by atoms with Crippen LogP contribution in [0.25, 0.3) is 0 Å². The molecule has 4 nitrogen and oxygen atoms in total. The summed E-state index contributed by atoms with van der Waals surface area (Å²) in [6, 6.07) is 1.98. The molecule has 1 saturated heterocycles. The zero-order valence-corrected chi connectivity index (χ0v) is 10.8. The van der Waals surface area contributed by atoms with Gasteiger partial charge in [-0.25, -0.2) is 0 Å². The van der Waals surface area contributed by atoms with E-state index in [4.69, 9.17) is 0 Å². The number of aromatic nitrogens is 1. The van der Waals surface area contributed by atoms with Gasteiger partial charge < -0.3 is 15.0 Å². The van der Waals surface area contributed by atoms with E-state index >= 15 is 0 Å². The number of carbonyl (C=O) groups is 1. The van der Waals surface area contributed by atoms with E-state index in [1.54, 1.807) is 0 Å². The topological polar surface area (TPSA) is 54.3 Å². The lowest BCUT2D eigenvalue weighted by molar-refractivity contribution is -0.125. The molecular weight excluding hydrogens is 228 g/mol. The standard InChI is InChI=1S/C14H20N2O2/c1-9-8-10-11(4-2-6-13(10)17)16(9)12-5-3-7-15-14(12)18/h8,12-13,17H,2-7H2,1H3,(H,15,18). The number of nitrogens with one attached hydrogen (secondary N) is 1. The van der Waals surface area contributed by atoms with Gasteiger partial charge in [0, 0.05) is 23.5 Å². The van der Waals surface area contributed by atoms with Gasteiger partial charge in [0.05, 0.1) is 6.10 Å². The summed E-state index contributed by atoms with van der Waals surface area (Å²) in [5.74, 6) is 0.128. The molecule has 1 aromatic rings. The molecule has 0 spiro atoms. The number of carbonyl (C=O) groups excluding carboxylic acids is 1. The third-order valence-electron chi connectivity index (χ3n) is 4.19. The normalized spacial score (nSPS) is 27.8. The van der Waals surface area contributed by atoms with Crippen LogP contribution in [0.15, 0.2) is 6.07 Å². The average molecular weight is 248 g/mol. The lowest BCUT2D eigenvalue weighted by Gasteiger charge is -2.28. The van der Waals surface area contributed by atoms with Crippen molar-refractivity contribution < 1.29 is 9.90 Å². The highest BCUT2D eigenvalue weighted by molar-refractivity contribution is 5.81. The highest BCUT2D eigenvalue weighted by Gasteiger charge is 2.30. The average Bonchev–Trinajstić information content (AvgIpc) is 2.68. The first-order valence-corrected chi connectivity index (χ1v) is 6.85. The van der Waals surface area contributed by atoms with E-state index in [0.29, 0.717) is 0 Å². The second-order valence-corrected chi connectivity index (χ2v) is 5.41. The summed E-state index contributed by atoms with van der Waals surface area (Å²) < 4.78 is 2.16. The Morgan fingerprint density at radius 3 is 3.00 bits per heavy atom. The van der Waals surface area contributed by atoms with Crippen molar-refractivity contribution in [2.45, 2.75) is 51.2 Å². The van der Waals surface area contributed by atoms with E-state index in [2.05, 4.69) is 16.0 Å². The number of aliphatic hydroxyl groups excluding tert-OH is 1. The van der Waals surface area contributed by atoms with E-state index in [9.17, 15) is 9.90 Å². The molecule has 1 aliphatic carbocycles. The Kier molecular flexibility index (Phi) is 2.90. The van der Waals surface area contributed by atoms with Crippen molar-refractivity contribution in [3.8, 4) is 0 Å². The van der Waals surface area contributed by atoms with Gasteiger partial charge in [0.2, 0.25) is 5.91 Å². The second-order valence-electron chi connectivity index (χ2n) is 5.41. The van der Waals surface area contributed by atoms with Crippen LogP contribution in [0.2, 0.25) is 0 Å². The molecule has 98 valence electrons. The molecule has 0 radical (unpaired) electrons. The number of aryl methyl sites for hydroxylation is 1. The minimum atomic E-state index is -0.347. The summed E-state index contributed by atoms with van der Waals surface area (Å²) in [6.45, 7) is 2.83. The fourth-order valence-corrected chi connectivity index (χ4v) is 3.34. The summed E-state index contributed by atoms with van der Waals surface area (Å²) in [4.78, 5) is 12.0. The van der Waals surface area contributed by atoms with Crippen molar-refractivity contribution in [2.75, 3.05) is 6.54 Å². The van der Waals surface area contributed by atoms with Gasteiger partial charge in [-0.15, -0.1) is 0 Å². The van der Waals surface area contributed by atoms with Crippen LogP contribution in [0.5, 0.6) is 0 Å². The number of piperidine rings is 1. The summed E-state index contributed by atoms with van der Waals surface area (Å²) in [5.41, 5.74) is 3.31. The van der Waals surface area contributed by atoms with Crippen LogP contribution < -0.4 is 5.32 Å². The maximum Gasteiger partial charge on any atom is 0.243 e. The van der Waals surface area contributed by atoms with Crippen LogP contribution in [0.4, 0.5) is 0 Å². The Hall–Kier alpha value is -1.29. The monoisotopic (exact) mass is 248 g/mol. The number of fused-ring (bicyclic) bond motifs is 1. The van der Waals surface area contributed by atoms with Crippen LogP contribution in [0, 0.1) is 6.92 Å². The lowest BCUT2D eigenvalue weighted by Crippen LogP contribution is -2.38. The number of nitrogens with zero attached hydrogens (tertiary/aromatic N) is 1. The zero-order valence-electron chi connectivity index (χ0n) is 10.8. The molecule has 3 rings (SSSR count). The Morgan fingerprint density at radius 2 is 2.22 bits per heavy atom. The lowest BCUT2D eigenvalue weighted by atomic mass is 9.94. The van der Waals surface area contributed by atoms with Gasteiger partial charge in [0.25, 0.3) is 0 Å². The smallest absolute Gasteiger partial charge is 0.243 e. The number of amides is 1. The van der Waals surface area contributed by atoms with Crippen molar-refractivity contribution in [3.63, 3.8) is 0 Å². The van der Waals surface area contributed by atoms with Crippen molar-refractivity contribution in [1.29, 1.82) is 0 Å². The number of aliphatic hydroxyl groups is 1. The van der Waals surface area contributed by atoms with Gasteiger partial charge in [-0.1, -0.05) is 0 Å². The fraction of sp³-hybridized carbons (Fsp3) is 0.643. The third kappa shape index (κ3) is 1.75. The molecule has 1 aliphatic heterocycles. The highest BCUT2D eigenvalue weighted by atomic mass is 16.3. The van der Waals surface area contributed by atoms with Gasteiger partial charge >= 0.3 is 0 Å². The fourth-order valence-electron chi connectivity index (χ4n) is 3.34. The van der Waals surface area contributed by atoms with Crippen LogP contribution in [-0.4, -0.2) is 22.1 Å². The van der Waals surface area contributed by atoms with E-state index in [1.807, 2.05) is 6.92 Å². The summed E-state index contributed by atoms with van der Waals surface area (Å²) in [7, 11) is 0. The third-order valence-corrected chi connectivity index (χ3v) is 4.19. The zero-order chi connectivity index (χ0) is 12.7. The summed E-state index contributed by atoms with van der Waals surface area (Å²) in [5, 5.41) is 13.0. The molecule has 1 fully saturated rings. The molecule has 1 aromatic heterocycles. The van der Waals surface area contributed by atoms with Gasteiger partial charge in [-0.05, 0) is 45.1 Å². The predicted molar refractivity (Wildman–Crippen MR) is 68.3 cm³/mol. The summed E-state index contributed by atoms with van der Waals surface area (Å²) >= 11 is 0. The molecule has 0 aromatic carbocycles. The van der Waals surface area contributed by atoms with Crippen LogP contribution in [-0.2, 0) is 11.2 Å². The van der Waals surface area contributed by atoms with E-state index in [1.165, 1.54) is 5.69 Å². The van der Waals surface area contributed by atoms with E-state index < -0.39 is 0 Å². The number of hydrogen-bond acceptors (Lipinski definition) is 2. The molecule has 2 atom stereocenters. The SMILES string of the molecule is Cc1cc2c(n1C1CCCNC1=O)CCCC2O. The molecule has 0 bridgehead atoms. The van der Waals surface area contributed by atoms with Crippen molar-refractivity contribution in [3.05, 3.63) is 23.0 Å². The maximum absolute atomic E-state index is 12.0. The molecule has 2 heterocycles. The van der Waals surface area contributed by atoms with E-state index in [-0.39, 0.29) is 18.1 Å². The first-order valence-electron chi connectivity index (χ1n) is 6.85. The van der Waals surface area contributed by atoms with Crippen LogP contribution in [0.3, 0.4) is 0 Å². The van der Waals surface area contributed by atoms with Crippen molar-refractivity contribution >= 4 is 5.91 Å². The minimum Gasteiger partial charge on any atom is -0.388 e. The van der Waals surface area contributed by atoms with Crippen molar-refractivity contribution in [1.82, 2.24) is 9.88 Å². The van der Waals surface area contributed by atoms with Gasteiger partial charge in [0.15, 0.2) is 0 Å². The predicted octanol–water partition coefficient (Wildman–Crippen LogP) is 1.62. The Balaban J connectivity index is 2.03. The van der Waals surface area contributed by atoms with Gasteiger partial charge in [-0.3, -0.25) is 4.79 Å². The van der Waals surface area contributed by atoms with Crippen LogP contribution in [0.1, 0.15) is 54.8 Å². The first-order chi connectivity index (χ1) is 8.68. The Morgan fingerprint density at radius 1 is 1.39 bits per heavy atom. The second kappa shape index (κ2) is 4.43. The molecule has 4 heteroatoms. The molecule has 2 N–H and O–H groups in total. The quantitative estimate of drug-likeness (QED) is 0.793. The highest BCUT2D eigenvalue weighted by Crippen LogP contribution is 2.35. The number of rotatable bonds is 1. The maximum atomic E-state index is 12.0. The molecule has 1 amide bonds. The molecule has 0 saturated carbocycles. The van der Waals surface area contributed by atoms with E-state index in [0.717, 1.165) is 49.9 Å². The molecular formula is C14H20N2O2. The van der Waals surface area contributed by atoms with Gasteiger partial charge in [-0.2, -0.15) is 0 Å². The minimum absolute atomic E-state index is 0.0761. The molecule has 2 aliphatic rings. The van der Waals surface area contributed by atoms with Crippen molar-refractivity contribution in [2.24, 2.45) is 0 Å². The molecule has 2 unspecified atom stereocenters. The first kappa shape index (κ1) is 11.8. The Bertz CT molecular complexity index is 478. The summed E-state index contributed by atoms with van der Waals surface area (Å²) in [6.07, 6.45) is 4.42. The Labute approximate surface area is 107 Å². The number of hydrogen-bond donors (Lipinski definition) is 2. The van der Waals surface area contributed by atoms with Gasteiger partial charge in [0.1, 0.15) is 6.04 Å².